The van der Waals surface area contributed by atoms with Gasteiger partial charge in [-0.15, -0.1) is 0 Å². The Hall–Kier alpha value is -3.48. The molecule has 126 valence electrons. The number of carbonyl (C=O) groups is 1. The molecule has 3 rings (SSSR count). The average Bonchev–Trinajstić information content (AvgIpc) is 2.68. The summed E-state index contributed by atoms with van der Waals surface area (Å²) in [6.45, 7) is 0.560. The van der Waals surface area contributed by atoms with Crippen LogP contribution in [0.15, 0.2) is 61.1 Å². The van der Waals surface area contributed by atoms with Crippen molar-refractivity contribution in [3.05, 3.63) is 72.2 Å². The smallest absolute Gasteiger partial charge is 0.257 e. The molecule has 0 aliphatic heterocycles. The molecule has 0 spiro atoms. The zero-order valence-electron chi connectivity index (χ0n) is 13.6. The lowest BCUT2D eigenvalue weighted by Crippen LogP contribution is -2.12. The molecule has 2 aromatic heterocycles. The minimum Gasteiger partial charge on any atom is -0.481 e. The number of methoxy groups -OCH3 is 1. The van der Waals surface area contributed by atoms with Crippen LogP contribution in [0.5, 0.6) is 5.88 Å². The topological polar surface area (TPSA) is 89.0 Å². The highest BCUT2D eigenvalue weighted by atomic mass is 16.5. The number of hydrogen-bond donors (Lipinski definition) is 2. The molecule has 25 heavy (non-hydrogen) atoms. The van der Waals surface area contributed by atoms with E-state index in [0.29, 0.717) is 23.9 Å². The van der Waals surface area contributed by atoms with Gasteiger partial charge in [0.05, 0.1) is 12.7 Å². The lowest BCUT2D eigenvalue weighted by Gasteiger charge is -2.08. The first-order valence-corrected chi connectivity index (χ1v) is 7.66. The second-order valence-corrected chi connectivity index (χ2v) is 5.17. The van der Waals surface area contributed by atoms with Crippen molar-refractivity contribution in [1.29, 1.82) is 0 Å². The predicted molar refractivity (Wildman–Crippen MR) is 94.5 cm³/mol. The quantitative estimate of drug-likeness (QED) is 0.720. The second kappa shape index (κ2) is 7.87. The Morgan fingerprint density at radius 3 is 2.68 bits per heavy atom. The third-order valence-corrected chi connectivity index (χ3v) is 3.43. The Morgan fingerprint density at radius 2 is 1.96 bits per heavy atom. The highest BCUT2D eigenvalue weighted by Gasteiger charge is 2.05. The zero-order chi connectivity index (χ0) is 17.5. The van der Waals surface area contributed by atoms with E-state index in [4.69, 9.17) is 4.74 Å². The third-order valence-electron chi connectivity index (χ3n) is 3.43. The maximum absolute atomic E-state index is 12.1. The highest BCUT2D eigenvalue weighted by Crippen LogP contribution is 2.13. The molecule has 7 nitrogen and oxygen atoms in total. The van der Waals surface area contributed by atoms with Crippen LogP contribution in [-0.2, 0) is 6.54 Å². The van der Waals surface area contributed by atoms with E-state index in [1.165, 1.54) is 6.20 Å². The van der Waals surface area contributed by atoms with Crippen LogP contribution >= 0.6 is 0 Å². The summed E-state index contributed by atoms with van der Waals surface area (Å²) >= 11 is 0. The number of nitrogens with zero attached hydrogens (tertiary/aromatic N) is 3. The first kappa shape index (κ1) is 16.4. The molecule has 0 aliphatic rings. The van der Waals surface area contributed by atoms with Gasteiger partial charge in [-0.25, -0.2) is 4.98 Å². The van der Waals surface area contributed by atoms with Crippen molar-refractivity contribution in [1.82, 2.24) is 15.0 Å². The SMILES string of the molecule is COc1ccnc(NCc2ccc(NC(=O)c3cccnc3)cc2)n1. The summed E-state index contributed by atoms with van der Waals surface area (Å²) in [6, 6.07) is 12.7. The molecule has 1 amide bonds. The molecule has 3 aromatic rings. The van der Waals surface area contributed by atoms with Crippen molar-refractivity contribution in [2.24, 2.45) is 0 Å². The Morgan fingerprint density at radius 1 is 1.12 bits per heavy atom. The molecule has 0 saturated heterocycles. The van der Waals surface area contributed by atoms with E-state index in [1.54, 1.807) is 37.7 Å². The number of amides is 1. The number of ether oxygens (including phenoxy) is 1. The predicted octanol–water partition coefficient (Wildman–Crippen LogP) is 2.74. The van der Waals surface area contributed by atoms with Crippen molar-refractivity contribution in [3.8, 4) is 5.88 Å². The molecule has 0 aliphatic carbocycles. The summed E-state index contributed by atoms with van der Waals surface area (Å²) < 4.78 is 5.06. The monoisotopic (exact) mass is 335 g/mol. The van der Waals surface area contributed by atoms with Crippen LogP contribution in [0.25, 0.3) is 0 Å². The Bertz CT molecular complexity index is 838. The van der Waals surface area contributed by atoms with E-state index >= 15 is 0 Å². The number of rotatable bonds is 6. The molecule has 2 heterocycles. The Balaban J connectivity index is 1.57. The van der Waals surface area contributed by atoms with Gasteiger partial charge in [0.2, 0.25) is 11.8 Å². The van der Waals surface area contributed by atoms with Crippen molar-refractivity contribution in [2.45, 2.75) is 6.54 Å². The van der Waals surface area contributed by atoms with E-state index in [9.17, 15) is 4.79 Å². The average molecular weight is 335 g/mol. The number of pyridine rings is 1. The fourth-order valence-corrected chi connectivity index (χ4v) is 2.13. The molecule has 1 aromatic carbocycles. The largest absolute Gasteiger partial charge is 0.481 e. The summed E-state index contributed by atoms with van der Waals surface area (Å²) in [7, 11) is 1.56. The van der Waals surface area contributed by atoms with E-state index in [-0.39, 0.29) is 5.91 Å². The summed E-state index contributed by atoms with van der Waals surface area (Å²) in [4.78, 5) is 24.3. The van der Waals surface area contributed by atoms with E-state index < -0.39 is 0 Å². The lowest BCUT2D eigenvalue weighted by atomic mass is 10.2. The van der Waals surface area contributed by atoms with Crippen molar-refractivity contribution in [2.75, 3.05) is 17.7 Å². The number of carbonyl (C=O) groups excluding carboxylic acids is 1. The van der Waals surface area contributed by atoms with Gasteiger partial charge in [-0.3, -0.25) is 9.78 Å². The molecular weight excluding hydrogens is 318 g/mol. The van der Waals surface area contributed by atoms with Crippen LogP contribution in [0.3, 0.4) is 0 Å². The van der Waals surface area contributed by atoms with Gasteiger partial charge in [-0.2, -0.15) is 4.98 Å². The molecule has 0 unspecified atom stereocenters. The number of benzene rings is 1. The van der Waals surface area contributed by atoms with Gasteiger partial charge in [0, 0.05) is 36.9 Å². The van der Waals surface area contributed by atoms with Crippen molar-refractivity contribution >= 4 is 17.5 Å². The van der Waals surface area contributed by atoms with Gasteiger partial charge >= 0.3 is 0 Å². The standard InChI is InChI=1S/C18H17N5O2/c1-25-16-8-10-20-18(23-16)21-11-13-4-6-15(7-5-13)22-17(24)14-3-2-9-19-12-14/h2-10,12H,11H2,1H3,(H,22,24)(H,20,21,23). The lowest BCUT2D eigenvalue weighted by molar-refractivity contribution is 0.102. The number of anilines is 2. The van der Waals surface area contributed by atoms with Crippen LogP contribution in [-0.4, -0.2) is 28.0 Å². The molecular formula is C18H17N5O2. The first-order chi connectivity index (χ1) is 12.2. The van der Waals surface area contributed by atoms with E-state index in [0.717, 1.165) is 11.3 Å². The fraction of sp³-hybridized carbons (Fsp3) is 0.111. The summed E-state index contributed by atoms with van der Waals surface area (Å²) in [6.07, 6.45) is 4.79. The maximum atomic E-state index is 12.1. The molecule has 0 fully saturated rings. The van der Waals surface area contributed by atoms with Gasteiger partial charge in [-0.05, 0) is 29.8 Å². The van der Waals surface area contributed by atoms with Crippen LogP contribution < -0.4 is 15.4 Å². The normalized spacial score (nSPS) is 10.1. The van der Waals surface area contributed by atoms with E-state index in [2.05, 4.69) is 25.6 Å². The van der Waals surface area contributed by atoms with Crippen LogP contribution in [0.1, 0.15) is 15.9 Å². The Labute approximate surface area is 145 Å². The molecule has 0 atom stereocenters. The number of hydrogen-bond acceptors (Lipinski definition) is 6. The minimum atomic E-state index is -0.191. The zero-order valence-corrected chi connectivity index (χ0v) is 13.6. The summed E-state index contributed by atoms with van der Waals surface area (Å²) in [5.74, 6) is 0.808. The van der Waals surface area contributed by atoms with Gasteiger partial charge in [0.1, 0.15) is 0 Å². The van der Waals surface area contributed by atoms with Gasteiger partial charge < -0.3 is 15.4 Å². The van der Waals surface area contributed by atoms with Crippen LogP contribution in [0, 0.1) is 0 Å². The molecule has 7 heteroatoms. The maximum Gasteiger partial charge on any atom is 0.257 e. The van der Waals surface area contributed by atoms with Crippen LogP contribution in [0.2, 0.25) is 0 Å². The third kappa shape index (κ3) is 4.51. The molecule has 0 saturated carbocycles. The molecule has 0 radical (unpaired) electrons. The van der Waals surface area contributed by atoms with Gasteiger partial charge in [0.15, 0.2) is 0 Å². The van der Waals surface area contributed by atoms with Gasteiger partial charge in [0.25, 0.3) is 5.91 Å². The fourth-order valence-electron chi connectivity index (χ4n) is 2.13. The summed E-state index contributed by atoms with van der Waals surface area (Å²) in [5.41, 5.74) is 2.27. The van der Waals surface area contributed by atoms with Gasteiger partial charge in [-0.1, -0.05) is 12.1 Å². The highest BCUT2D eigenvalue weighted by molar-refractivity contribution is 6.03. The summed E-state index contributed by atoms with van der Waals surface area (Å²) in [5, 5.41) is 5.96. The number of aromatic nitrogens is 3. The van der Waals surface area contributed by atoms with E-state index in [1.807, 2.05) is 24.3 Å². The molecule has 2 N–H and O–H groups in total. The minimum absolute atomic E-state index is 0.191. The number of nitrogens with one attached hydrogen (secondary N) is 2. The van der Waals surface area contributed by atoms with Crippen LogP contribution in [0.4, 0.5) is 11.6 Å². The van der Waals surface area contributed by atoms with Crippen molar-refractivity contribution in [3.63, 3.8) is 0 Å². The molecule has 0 bridgehead atoms. The second-order valence-electron chi connectivity index (χ2n) is 5.17. The van der Waals surface area contributed by atoms with Crippen molar-refractivity contribution < 1.29 is 9.53 Å². The Kier molecular flexibility index (Phi) is 5.16. The first-order valence-electron chi connectivity index (χ1n) is 7.66.